The minimum atomic E-state index is 0.322. The molecule has 82 valence electrons. The number of rotatable bonds is 0. The van der Waals surface area contributed by atoms with Crippen LogP contribution in [0.5, 0.6) is 0 Å². The molecule has 3 rings (SSSR count). The molecule has 2 heteroatoms. The standard InChI is InChI=1S/C13H19NO/c1-9-6-7-10-8-13(15)11-4-2-3-5-12(11)14(9)10/h8-9,11-12H,2-7H2,1H3. The molecule has 0 aromatic rings. The van der Waals surface area contributed by atoms with Crippen molar-refractivity contribution < 1.29 is 4.79 Å². The molecule has 0 aromatic carbocycles. The summed E-state index contributed by atoms with van der Waals surface area (Å²) in [6.07, 6.45) is 9.21. The average Bonchev–Trinajstić information content (AvgIpc) is 2.61. The zero-order chi connectivity index (χ0) is 10.4. The quantitative estimate of drug-likeness (QED) is 0.605. The highest BCUT2D eigenvalue weighted by molar-refractivity contribution is 5.94. The lowest BCUT2D eigenvalue weighted by atomic mass is 9.78. The molecule has 0 amide bonds. The Morgan fingerprint density at radius 3 is 2.93 bits per heavy atom. The zero-order valence-corrected chi connectivity index (χ0v) is 9.41. The number of nitrogens with zero attached hydrogens (tertiary/aromatic N) is 1. The molecule has 1 saturated heterocycles. The molecule has 0 bridgehead atoms. The minimum absolute atomic E-state index is 0.322. The Hall–Kier alpha value is -0.790. The number of hydrogen-bond acceptors (Lipinski definition) is 2. The van der Waals surface area contributed by atoms with Crippen molar-refractivity contribution in [2.24, 2.45) is 5.92 Å². The molecule has 0 radical (unpaired) electrons. The Labute approximate surface area is 91.3 Å². The van der Waals surface area contributed by atoms with E-state index in [-0.39, 0.29) is 0 Å². The third kappa shape index (κ3) is 1.34. The number of allylic oxidation sites excluding steroid dienone is 2. The van der Waals surface area contributed by atoms with Crippen LogP contribution in [0.15, 0.2) is 11.8 Å². The van der Waals surface area contributed by atoms with E-state index in [1.165, 1.54) is 31.4 Å². The van der Waals surface area contributed by atoms with Crippen LogP contribution in [0.25, 0.3) is 0 Å². The maximum Gasteiger partial charge on any atom is 0.162 e. The predicted octanol–water partition coefficient (Wildman–Crippen LogP) is 2.50. The van der Waals surface area contributed by atoms with Crippen LogP contribution in [-0.4, -0.2) is 22.8 Å². The minimum Gasteiger partial charge on any atom is -0.368 e. The summed E-state index contributed by atoms with van der Waals surface area (Å²) in [5.41, 5.74) is 1.33. The SMILES string of the molecule is CC1CCC2=CC(=O)C3CCCCC3N21. The molecule has 1 saturated carbocycles. The average molecular weight is 205 g/mol. The number of ketones is 1. The molecule has 2 fully saturated rings. The van der Waals surface area contributed by atoms with E-state index >= 15 is 0 Å². The summed E-state index contributed by atoms with van der Waals surface area (Å²) in [5.74, 6) is 0.739. The highest BCUT2D eigenvalue weighted by Crippen LogP contribution is 2.41. The first-order valence-electron chi connectivity index (χ1n) is 6.30. The Balaban J connectivity index is 1.96. The van der Waals surface area contributed by atoms with Crippen LogP contribution < -0.4 is 0 Å². The molecule has 0 spiro atoms. The second-order valence-electron chi connectivity index (χ2n) is 5.29. The molecule has 1 aliphatic carbocycles. The van der Waals surface area contributed by atoms with Gasteiger partial charge in [-0.2, -0.15) is 0 Å². The van der Waals surface area contributed by atoms with Gasteiger partial charge in [0.1, 0.15) is 0 Å². The normalized spacial score (nSPS) is 39.8. The van der Waals surface area contributed by atoms with Crippen molar-refractivity contribution in [1.29, 1.82) is 0 Å². The van der Waals surface area contributed by atoms with Crippen molar-refractivity contribution in [2.45, 2.75) is 57.5 Å². The molecular weight excluding hydrogens is 186 g/mol. The lowest BCUT2D eigenvalue weighted by Gasteiger charge is -2.44. The molecule has 2 aliphatic heterocycles. The highest BCUT2D eigenvalue weighted by atomic mass is 16.1. The number of fused-ring (bicyclic) bond motifs is 3. The molecule has 2 nitrogen and oxygen atoms in total. The van der Waals surface area contributed by atoms with Gasteiger partial charge in [0.15, 0.2) is 5.78 Å². The van der Waals surface area contributed by atoms with Gasteiger partial charge in [-0.15, -0.1) is 0 Å². The van der Waals surface area contributed by atoms with Crippen LogP contribution in [0.4, 0.5) is 0 Å². The van der Waals surface area contributed by atoms with E-state index in [0.29, 0.717) is 23.8 Å². The molecule has 3 unspecified atom stereocenters. The van der Waals surface area contributed by atoms with Gasteiger partial charge in [0.05, 0.1) is 0 Å². The van der Waals surface area contributed by atoms with Crippen LogP contribution in [0, 0.1) is 5.92 Å². The number of carbonyl (C=O) groups excluding carboxylic acids is 1. The number of hydrogen-bond donors (Lipinski definition) is 0. The summed E-state index contributed by atoms with van der Waals surface area (Å²) in [6, 6.07) is 1.21. The second-order valence-corrected chi connectivity index (χ2v) is 5.29. The van der Waals surface area contributed by atoms with E-state index in [9.17, 15) is 4.79 Å². The topological polar surface area (TPSA) is 20.3 Å². The lowest BCUT2D eigenvalue weighted by molar-refractivity contribution is -0.122. The van der Waals surface area contributed by atoms with Crippen molar-refractivity contribution in [1.82, 2.24) is 4.90 Å². The van der Waals surface area contributed by atoms with Crippen molar-refractivity contribution in [2.75, 3.05) is 0 Å². The maximum atomic E-state index is 12.0. The van der Waals surface area contributed by atoms with Gasteiger partial charge in [0, 0.05) is 29.8 Å². The zero-order valence-electron chi connectivity index (χ0n) is 9.41. The van der Waals surface area contributed by atoms with Crippen LogP contribution in [0.1, 0.15) is 45.4 Å². The molecule has 2 heterocycles. The van der Waals surface area contributed by atoms with E-state index in [1.807, 2.05) is 6.08 Å². The molecule has 15 heavy (non-hydrogen) atoms. The Kier molecular flexibility index (Phi) is 2.11. The predicted molar refractivity (Wildman–Crippen MR) is 59.4 cm³/mol. The number of carbonyl (C=O) groups is 1. The van der Waals surface area contributed by atoms with Crippen LogP contribution in [-0.2, 0) is 4.79 Å². The molecule has 0 aromatic heterocycles. The summed E-state index contributed by atoms with van der Waals surface area (Å²) < 4.78 is 0. The third-order valence-electron chi connectivity index (χ3n) is 4.39. The van der Waals surface area contributed by atoms with Crippen molar-refractivity contribution in [3.8, 4) is 0 Å². The van der Waals surface area contributed by atoms with Gasteiger partial charge in [-0.1, -0.05) is 12.8 Å². The Morgan fingerprint density at radius 1 is 1.27 bits per heavy atom. The van der Waals surface area contributed by atoms with E-state index in [2.05, 4.69) is 11.8 Å². The Bertz CT molecular complexity index is 320. The summed E-state index contributed by atoms with van der Waals surface area (Å²) >= 11 is 0. The van der Waals surface area contributed by atoms with Gasteiger partial charge < -0.3 is 4.90 Å². The van der Waals surface area contributed by atoms with Gasteiger partial charge in [-0.3, -0.25) is 4.79 Å². The monoisotopic (exact) mass is 205 g/mol. The lowest BCUT2D eigenvalue weighted by Crippen LogP contribution is -2.48. The van der Waals surface area contributed by atoms with E-state index in [1.54, 1.807) is 0 Å². The smallest absolute Gasteiger partial charge is 0.162 e. The third-order valence-corrected chi connectivity index (χ3v) is 4.39. The van der Waals surface area contributed by atoms with Crippen molar-refractivity contribution in [3.05, 3.63) is 11.8 Å². The van der Waals surface area contributed by atoms with Crippen molar-refractivity contribution in [3.63, 3.8) is 0 Å². The van der Waals surface area contributed by atoms with Crippen LogP contribution >= 0.6 is 0 Å². The van der Waals surface area contributed by atoms with Gasteiger partial charge in [0.25, 0.3) is 0 Å². The first-order valence-corrected chi connectivity index (χ1v) is 6.30. The van der Waals surface area contributed by atoms with E-state index in [0.717, 1.165) is 12.8 Å². The van der Waals surface area contributed by atoms with Gasteiger partial charge in [-0.25, -0.2) is 0 Å². The first-order chi connectivity index (χ1) is 7.27. The van der Waals surface area contributed by atoms with E-state index in [4.69, 9.17) is 0 Å². The van der Waals surface area contributed by atoms with Crippen LogP contribution in [0.2, 0.25) is 0 Å². The van der Waals surface area contributed by atoms with Crippen molar-refractivity contribution >= 4 is 5.78 Å². The van der Waals surface area contributed by atoms with Gasteiger partial charge in [-0.05, 0) is 32.6 Å². The fourth-order valence-electron chi connectivity index (χ4n) is 3.64. The van der Waals surface area contributed by atoms with Gasteiger partial charge in [0.2, 0.25) is 0 Å². The van der Waals surface area contributed by atoms with E-state index < -0.39 is 0 Å². The summed E-state index contributed by atoms with van der Waals surface area (Å²) in [4.78, 5) is 14.5. The molecule has 0 N–H and O–H groups in total. The fourth-order valence-corrected chi connectivity index (χ4v) is 3.64. The molecular formula is C13H19NO. The summed E-state index contributed by atoms with van der Waals surface area (Å²) in [5, 5.41) is 0. The van der Waals surface area contributed by atoms with Gasteiger partial charge >= 0.3 is 0 Å². The first kappa shape index (κ1) is 9.44. The maximum absolute atomic E-state index is 12.0. The Morgan fingerprint density at radius 2 is 2.07 bits per heavy atom. The summed E-state index contributed by atoms with van der Waals surface area (Å²) in [7, 11) is 0. The highest BCUT2D eigenvalue weighted by Gasteiger charge is 2.42. The summed E-state index contributed by atoms with van der Waals surface area (Å²) in [6.45, 7) is 2.31. The largest absolute Gasteiger partial charge is 0.368 e. The molecule has 3 atom stereocenters. The fraction of sp³-hybridized carbons (Fsp3) is 0.769. The second kappa shape index (κ2) is 3.36. The molecule has 3 aliphatic rings. The van der Waals surface area contributed by atoms with Crippen LogP contribution in [0.3, 0.4) is 0 Å².